The second kappa shape index (κ2) is 8.04. The van der Waals surface area contributed by atoms with Crippen LogP contribution in [0, 0.1) is 17.2 Å². The lowest BCUT2D eigenvalue weighted by Crippen LogP contribution is -2.44. The van der Waals surface area contributed by atoms with Crippen LogP contribution in [0.15, 0.2) is 47.5 Å². The highest BCUT2D eigenvalue weighted by Gasteiger charge is 2.44. The summed E-state index contributed by atoms with van der Waals surface area (Å²) in [6.07, 6.45) is 1.67. The molecule has 1 aromatic carbocycles. The number of nitrogens with one attached hydrogen (secondary N) is 1. The van der Waals surface area contributed by atoms with Crippen LogP contribution < -0.4 is 5.32 Å². The van der Waals surface area contributed by atoms with Crippen LogP contribution in [0.4, 0.5) is 0 Å². The zero-order valence-corrected chi connectivity index (χ0v) is 14.5. The molecule has 0 fully saturated rings. The van der Waals surface area contributed by atoms with Crippen molar-refractivity contribution < 1.29 is 14.3 Å². The maximum absolute atomic E-state index is 12.5. The Morgan fingerprint density at radius 2 is 2.17 bits per heavy atom. The summed E-state index contributed by atoms with van der Waals surface area (Å²) < 4.78 is 4.76. The van der Waals surface area contributed by atoms with Gasteiger partial charge in [0.2, 0.25) is 5.91 Å². The van der Waals surface area contributed by atoms with Crippen molar-refractivity contribution in [2.24, 2.45) is 5.92 Å². The first-order valence-electron chi connectivity index (χ1n) is 7.05. The Balaban J connectivity index is 2.59. The Morgan fingerprint density at radius 1 is 1.50 bits per heavy atom. The molecule has 0 bridgehead atoms. The van der Waals surface area contributed by atoms with Gasteiger partial charge >= 0.3 is 5.97 Å². The van der Waals surface area contributed by atoms with Crippen LogP contribution in [0.1, 0.15) is 11.5 Å². The third-order valence-electron chi connectivity index (χ3n) is 3.56. The average molecular weight is 363 g/mol. The van der Waals surface area contributed by atoms with E-state index < -0.39 is 23.7 Å². The standard InChI is InChI=1S/C17H15ClN2O3S/c1-3-8-24-16-12(9-19)13(10-4-6-11(18)7-5-10)14(15(21)20-16)17(22)23-2/h3-7,13-14H,1,8H2,2H3,(H,20,21)/t13-,14+/m1/s1. The molecule has 1 heterocycles. The van der Waals surface area contributed by atoms with E-state index in [1.54, 1.807) is 30.3 Å². The lowest BCUT2D eigenvalue weighted by Gasteiger charge is -2.30. The molecule has 1 aliphatic rings. The molecule has 0 spiro atoms. The number of ether oxygens (including phenoxy) is 1. The van der Waals surface area contributed by atoms with Gasteiger partial charge in [-0.25, -0.2) is 0 Å². The van der Waals surface area contributed by atoms with Gasteiger partial charge in [0, 0.05) is 16.7 Å². The molecule has 0 unspecified atom stereocenters. The Morgan fingerprint density at radius 3 is 2.71 bits per heavy atom. The Hall–Kier alpha value is -2.23. The van der Waals surface area contributed by atoms with E-state index in [1.807, 2.05) is 0 Å². The van der Waals surface area contributed by atoms with Crippen LogP contribution in [0.3, 0.4) is 0 Å². The van der Waals surface area contributed by atoms with Gasteiger partial charge in [0.25, 0.3) is 0 Å². The van der Waals surface area contributed by atoms with Crippen molar-refractivity contribution in [1.82, 2.24) is 5.32 Å². The van der Waals surface area contributed by atoms with Crippen molar-refractivity contribution in [2.45, 2.75) is 5.92 Å². The predicted molar refractivity (Wildman–Crippen MR) is 93.1 cm³/mol. The van der Waals surface area contributed by atoms with Crippen molar-refractivity contribution in [2.75, 3.05) is 12.9 Å². The van der Waals surface area contributed by atoms with Crippen LogP contribution in [-0.4, -0.2) is 24.7 Å². The fourth-order valence-corrected chi connectivity index (χ4v) is 3.40. The topological polar surface area (TPSA) is 79.2 Å². The molecule has 1 N–H and O–H groups in total. The number of hydrogen-bond acceptors (Lipinski definition) is 5. The van der Waals surface area contributed by atoms with Gasteiger partial charge in [-0.15, -0.1) is 18.3 Å². The summed E-state index contributed by atoms with van der Waals surface area (Å²) in [6.45, 7) is 3.63. The number of rotatable bonds is 5. The largest absolute Gasteiger partial charge is 0.468 e. The first-order chi connectivity index (χ1) is 11.5. The summed E-state index contributed by atoms with van der Waals surface area (Å²) >= 11 is 7.20. The molecule has 2 atom stereocenters. The molecular weight excluding hydrogens is 348 g/mol. The lowest BCUT2D eigenvalue weighted by molar-refractivity contribution is -0.150. The molecule has 0 saturated carbocycles. The number of amides is 1. The van der Waals surface area contributed by atoms with Gasteiger partial charge in [0.1, 0.15) is 5.92 Å². The highest BCUT2D eigenvalue weighted by molar-refractivity contribution is 8.03. The summed E-state index contributed by atoms with van der Waals surface area (Å²) in [6, 6.07) is 8.84. The summed E-state index contributed by atoms with van der Waals surface area (Å²) in [5.41, 5.74) is 0.970. The normalized spacial score (nSPS) is 20.1. The minimum atomic E-state index is -1.13. The van der Waals surface area contributed by atoms with E-state index in [-0.39, 0.29) is 0 Å². The number of benzene rings is 1. The maximum atomic E-state index is 12.5. The molecule has 1 aliphatic heterocycles. The van der Waals surface area contributed by atoms with Crippen LogP contribution in [0.2, 0.25) is 5.02 Å². The Bertz CT molecular complexity index is 737. The van der Waals surface area contributed by atoms with Crippen molar-refractivity contribution >= 4 is 35.2 Å². The Kier molecular flexibility index (Phi) is 6.07. The van der Waals surface area contributed by atoms with E-state index in [0.717, 1.165) is 0 Å². The lowest BCUT2D eigenvalue weighted by atomic mass is 9.78. The molecule has 5 nitrogen and oxygen atoms in total. The number of allylic oxidation sites excluding steroid dienone is 1. The second-order valence-corrected chi connectivity index (χ2v) is 6.44. The van der Waals surface area contributed by atoms with Crippen LogP contribution in [0.25, 0.3) is 0 Å². The van der Waals surface area contributed by atoms with Gasteiger partial charge in [-0.05, 0) is 17.7 Å². The van der Waals surface area contributed by atoms with Crippen molar-refractivity contribution in [3.8, 4) is 6.07 Å². The highest BCUT2D eigenvalue weighted by atomic mass is 35.5. The molecule has 2 rings (SSSR count). The third-order valence-corrected chi connectivity index (χ3v) is 4.82. The van der Waals surface area contributed by atoms with E-state index >= 15 is 0 Å². The van der Waals surface area contributed by atoms with Crippen LogP contribution in [0.5, 0.6) is 0 Å². The zero-order chi connectivity index (χ0) is 17.7. The van der Waals surface area contributed by atoms with Gasteiger partial charge in [0.15, 0.2) is 0 Å². The number of nitriles is 1. The van der Waals surface area contributed by atoms with Crippen molar-refractivity contribution in [3.63, 3.8) is 0 Å². The summed E-state index contributed by atoms with van der Waals surface area (Å²) in [4.78, 5) is 24.6. The molecule has 0 radical (unpaired) electrons. The van der Waals surface area contributed by atoms with E-state index in [1.165, 1.54) is 18.9 Å². The van der Waals surface area contributed by atoms with Crippen LogP contribution >= 0.6 is 23.4 Å². The highest BCUT2D eigenvalue weighted by Crippen LogP contribution is 2.40. The number of carbonyl (C=O) groups is 2. The first-order valence-corrected chi connectivity index (χ1v) is 8.42. The Labute approximate surface area is 149 Å². The minimum Gasteiger partial charge on any atom is -0.468 e. The van der Waals surface area contributed by atoms with Gasteiger partial charge in [-0.1, -0.05) is 29.8 Å². The molecule has 7 heteroatoms. The number of methoxy groups -OCH3 is 1. The third kappa shape index (κ3) is 3.64. The number of esters is 1. The molecule has 0 saturated heterocycles. The van der Waals surface area contributed by atoms with E-state index in [4.69, 9.17) is 16.3 Å². The fourth-order valence-electron chi connectivity index (χ4n) is 2.49. The second-order valence-electron chi connectivity index (χ2n) is 4.97. The van der Waals surface area contributed by atoms with Gasteiger partial charge < -0.3 is 10.1 Å². The predicted octanol–water partition coefficient (Wildman–Crippen LogP) is 3.00. The smallest absolute Gasteiger partial charge is 0.319 e. The van der Waals surface area contributed by atoms with E-state index in [2.05, 4.69) is 18.0 Å². The molecule has 124 valence electrons. The monoisotopic (exact) mass is 362 g/mol. The number of halogens is 1. The molecule has 1 aromatic rings. The van der Waals surface area contributed by atoms with Crippen molar-refractivity contribution in [1.29, 1.82) is 5.26 Å². The van der Waals surface area contributed by atoms with Crippen molar-refractivity contribution in [3.05, 3.63) is 58.1 Å². The zero-order valence-electron chi connectivity index (χ0n) is 12.9. The SMILES string of the molecule is C=CCSC1=C(C#N)[C@@H](c2ccc(Cl)cc2)[C@H](C(=O)OC)C(=O)N1. The van der Waals surface area contributed by atoms with E-state index in [9.17, 15) is 14.9 Å². The summed E-state index contributed by atoms with van der Waals surface area (Å²) in [5.74, 6) is -2.50. The summed E-state index contributed by atoms with van der Waals surface area (Å²) in [7, 11) is 1.21. The number of nitrogens with zero attached hydrogens (tertiary/aromatic N) is 1. The molecule has 1 amide bonds. The van der Waals surface area contributed by atoms with Gasteiger partial charge in [-0.3, -0.25) is 9.59 Å². The number of hydrogen-bond donors (Lipinski definition) is 1. The first kappa shape index (κ1) is 18.1. The quantitative estimate of drug-likeness (QED) is 0.495. The van der Waals surface area contributed by atoms with Gasteiger partial charge in [-0.2, -0.15) is 5.26 Å². The number of carbonyl (C=O) groups excluding carboxylic acids is 2. The van der Waals surface area contributed by atoms with E-state index in [0.29, 0.717) is 26.9 Å². The molecular formula is C17H15ClN2O3S. The molecule has 0 aliphatic carbocycles. The van der Waals surface area contributed by atoms with Crippen LogP contribution in [-0.2, 0) is 14.3 Å². The van der Waals surface area contributed by atoms with Gasteiger partial charge in [0.05, 0.1) is 23.8 Å². The molecule has 24 heavy (non-hydrogen) atoms. The minimum absolute atomic E-state index is 0.319. The maximum Gasteiger partial charge on any atom is 0.319 e. The fraction of sp³-hybridized carbons (Fsp3) is 0.235. The average Bonchev–Trinajstić information content (AvgIpc) is 2.59. The number of thioether (sulfide) groups is 1. The molecule has 0 aromatic heterocycles. The summed E-state index contributed by atoms with van der Waals surface area (Å²) in [5, 5.41) is 13.2.